The van der Waals surface area contributed by atoms with Crippen molar-refractivity contribution in [3.05, 3.63) is 36.5 Å². The van der Waals surface area contributed by atoms with Crippen LogP contribution in [0.1, 0.15) is 463 Å². The highest BCUT2D eigenvalue weighted by molar-refractivity contribution is 5.76. The molecule has 0 heterocycles. The SMILES string of the molecule is CCCCCCCC/C=C\CCCCCCCCCCCC(=O)OCCCCCCCCCCCCCCCCCCCC/C=C\CCCCCCCCCCCCCCCCCCCC(=O)NC(CO)C(O)/C=C/CCCCCCCCCCCCCCC. The number of hydrogen-bond donors (Lipinski definition) is 3. The summed E-state index contributed by atoms with van der Waals surface area (Å²) in [5.74, 6) is -0.0380. The Kier molecular flexibility index (Phi) is 77.8. The molecule has 2 unspecified atom stereocenters. The first kappa shape index (κ1) is 88.1. The van der Waals surface area contributed by atoms with E-state index in [-0.39, 0.29) is 18.5 Å². The molecule has 6 nitrogen and oxygen atoms in total. The third-order valence-corrected chi connectivity index (χ3v) is 19.4. The van der Waals surface area contributed by atoms with Crippen LogP contribution >= 0.6 is 0 Å². The van der Waals surface area contributed by atoms with Crippen molar-refractivity contribution in [2.45, 2.75) is 475 Å². The molecule has 6 heteroatoms. The molecule has 0 saturated carbocycles. The second kappa shape index (κ2) is 79.5. The number of carbonyl (C=O) groups excluding carboxylic acids is 2. The zero-order valence-electron chi connectivity index (χ0n) is 61.1. The van der Waals surface area contributed by atoms with Crippen LogP contribution in [0.3, 0.4) is 0 Å². The number of hydrogen-bond acceptors (Lipinski definition) is 5. The van der Waals surface area contributed by atoms with Gasteiger partial charge in [0, 0.05) is 12.8 Å². The fourth-order valence-electron chi connectivity index (χ4n) is 13.1. The van der Waals surface area contributed by atoms with Crippen LogP contribution in [-0.2, 0) is 14.3 Å². The van der Waals surface area contributed by atoms with E-state index in [0.29, 0.717) is 19.4 Å². The summed E-state index contributed by atoms with van der Waals surface area (Å²) in [6.45, 7) is 4.94. The summed E-state index contributed by atoms with van der Waals surface area (Å²) in [5.41, 5.74) is 0. The van der Waals surface area contributed by atoms with E-state index in [1.165, 1.54) is 398 Å². The number of carbonyl (C=O) groups is 2. The van der Waals surface area contributed by atoms with Gasteiger partial charge in [-0.2, -0.15) is 0 Å². The molecule has 0 aliphatic heterocycles. The van der Waals surface area contributed by atoms with Crippen LogP contribution in [0.4, 0.5) is 0 Å². The molecule has 0 aromatic rings. The monoisotopic (exact) mass is 1260 g/mol. The quantitative estimate of drug-likeness (QED) is 0.0320. The third-order valence-electron chi connectivity index (χ3n) is 19.4. The minimum absolute atomic E-state index is 0.0227. The summed E-state index contributed by atoms with van der Waals surface area (Å²) < 4.78 is 5.52. The Morgan fingerprint density at radius 1 is 0.300 bits per heavy atom. The van der Waals surface area contributed by atoms with Gasteiger partial charge in [-0.05, 0) is 83.5 Å². The summed E-state index contributed by atoms with van der Waals surface area (Å²) in [4.78, 5) is 24.6. The summed E-state index contributed by atoms with van der Waals surface area (Å²) in [7, 11) is 0. The number of unbranched alkanes of at least 4 members (excludes halogenated alkanes) is 63. The lowest BCUT2D eigenvalue weighted by Gasteiger charge is -2.20. The molecule has 0 radical (unpaired) electrons. The number of esters is 1. The van der Waals surface area contributed by atoms with Crippen LogP contribution in [0.15, 0.2) is 36.5 Å². The highest BCUT2D eigenvalue weighted by Crippen LogP contribution is 2.20. The van der Waals surface area contributed by atoms with E-state index in [9.17, 15) is 19.8 Å². The van der Waals surface area contributed by atoms with E-state index in [4.69, 9.17) is 4.74 Å². The first-order valence-corrected chi connectivity index (χ1v) is 41.3. The molecule has 0 aliphatic carbocycles. The molecule has 0 spiro atoms. The van der Waals surface area contributed by atoms with Crippen molar-refractivity contribution in [1.82, 2.24) is 5.32 Å². The molecule has 0 aromatic carbocycles. The largest absolute Gasteiger partial charge is 0.466 e. The highest BCUT2D eigenvalue weighted by atomic mass is 16.5. The van der Waals surface area contributed by atoms with Gasteiger partial charge < -0.3 is 20.3 Å². The standard InChI is InChI=1S/C84H161NO5/c1-3-5-7-9-11-13-15-17-19-20-42-46-50-54-58-62-66-70-74-78-84(89)90-79-75-71-67-63-59-55-51-47-44-41-39-37-35-33-31-29-27-25-23-21-22-24-26-28-30-32-34-36-38-40-43-45-49-53-57-61-65-69-73-77-83(88)85-81(80-86)82(87)76-72-68-64-60-56-52-48-18-16-14-12-10-8-6-4-2/h17,19,21-22,72,76,81-82,86-87H,3-16,18,20,23-71,73-75,77-80H2,1-2H3,(H,85,88)/b19-17-,22-21-,76-72+. The van der Waals surface area contributed by atoms with Crippen LogP contribution < -0.4 is 5.32 Å². The van der Waals surface area contributed by atoms with Gasteiger partial charge in [-0.3, -0.25) is 9.59 Å². The molecule has 532 valence electrons. The number of aliphatic hydroxyl groups is 2. The Labute approximate surface area is 564 Å². The minimum Gasteiger partial charge on any atom is -0.466 e. The van der Waals surface area contributed by atoms with Crippen molar-refractivity contribution in [2.24, 2.45) is 0 Å². The number of aliphatic hydroxyl groups excluding tert-OH is 2. The van der Waals surface area contributed by atoms with E-state index in [2.05, 4.69) is 43.5 Å². The molecular weight excluding hydrogens is 1100 g/mol. The minimum atomic E-state index is -0.841. The molecule has 0 rings (SSSR count). The lowest BCUT2D eigenvalue weighted by Crippen LogP contribution is -2.45. The van der Waals surface area contributed by atoms with Crippen molar-refractivity contribution < 1.29 is 24.5 Å². The van der Waals surface area contributed by atoms with Crippen LogP contribution in [0.5, 0.6) is 0 Å². The van der Waals surface area contributed by atoms with Crippen LogP contribution in [-0.4, -0.2) is 47.4 Å². The number of ether oxygens (including phenoxy) is 1. The predicted molar refractivity (Wildman–Crippen MR) is 398 cm³/mol. The fourth-order valence-corrected chi connectivity index (χ4v) is 13.1. The van der Waals surface area contributed by atoms with E-state index in [1.54, 1.807) is 6.08 Å². The van der Waals surface area contributed by atoms with Crippen LogP contribution in [0, 0.1) is 0 Å². The summed E-state index contributed by atoms with van der Waals surface area (Å²) >= 11 is 0. The van der Waals surface area contributed by atoms with Crippen molar-refractivity contribution in [1.29, 1.82) is 0 Å². The molecule has 0 aromatic heterocycles. The van der Waals surface area contributed by atoms with Crippen molar-refractivity contribution in [3.8, 4) is 0 Å². The first-order valence-electron chi connectivity index (χ1n) is 41.3. The fraction of sp³-hybridized carbons (Fsp3) is 0.905. The Morgan fingerprint density at radius 3 is 0.789 bits per heavy atom. The molecule has 0 aliphatic rings. The normalized spacial score (nSPS) is 12.6. The molecule has 0 bridgehead atoms. The second-order valence-corrected chi connectivity index (χ2v) is 28.4. The van der Waals surface area contributed by atoms with Gasteiger partial charge in [-0.25, -0.2) is 0 Å². The van der Waals surface area contributed by atoms with Crippen molar-refractivity contribution in [3.63, 3.8) is 0 Å². The second-order valence-electron chi connectivity index (χ2n) is 28.4. The van der Waals surface area contributed by atoms with E-state index in [1.807, 2.05) is 6.08 Å². The molecule has 3 N–H and O–H groups in total. The van der Waals surface area contributed by atoms with Gasteiger partial charge in [0.15, 0.2) is 0 Å². The topological polar surface area (TPSA) is 95.9 Å². The molecule has 0 fully saturated rings. The Bertz CT molecular complexity index is 1460. The number of rotatable bonds is 78. The van der Waals surface area contributed by atoms with Gasteiger partial charge in [0.1, 0.15) is 0 Å². The maximum absolute atomic E-state index is 12.5. The number of allylic oxidation sites excluding steroid dienone is 5. The van der Waals surface area contributed by atoms with E-state index in [0.717, 1.165) is 38.5 Å². The lowest BCUT2D eigenvalue weighted by atomic mass is 10.0. The molecular formula is C84H161NO5. The predicted octanol–water partition coefficient (Wildman–Crippen LogP) is 27.4. The Hall–Kier alpha value is -1.92. The van der Waals surface area contributed by atoms with Gasteiger partial charge in [-0.1, -0.05) is 403 Å². The summed E-state index contributed by atoms with van der Waals surface area (Å²) in [6.07, 6.45) is 104. The van der Waals surface area contributed by atoms with Crippen molar-refractivity contribution in [2.75, 3.05) is 13.2 Å². The van der Waals surface area contributed by atoms with E-state index < -0.39 is 12.1 Å². The summed E-state index contributed by atoms with van der Waals surface area (Å²) in [6, 6.07) is -0.624. The molecule has 1 amide bonds. The molecule has 2 atom stereocenters. The number of nitrogens with one attached hydrogen (secondary N) is 1. The van der Waals surface area contributed by atoms with Gasteiger partial charge in [0.2, 0.25) is 5.91 Å². The van der Waals surface area contributed by atoms with Gasteiger partial charge in [0.25, 0.3) is 0 Å². The lowest BCUT2D eigenvalue weighted by molar-refractivity contribution is -0.143. The zero-order valence-corrected chi connectivity index (χ0v) is 61.1. The number of amides is 1. The summed E-state index contributed by atoms with van der Waals surface area (Å²) in [5, 5.41) is 23.2. The van der Waals surface area contributed by atoms with Gasteiger partial charge in [-0.15, -0.1) is 0 Å². The van der Waals surface area contributed by atoms with Crippen LogP contribution in [0.2, 0.25) is 0 Å². The maximum atomic E-state index is 12.5. The third kappa shape index (κ3) is 75.1. The average Bonchev–Trinajstić information content (AvgIpc) is 3.68. The zero-order chi connectivity index (χ0) is 64.9. The highest BCUT2D eigenvalue weighted by Gasteiger charge is 2.18. The maximum Gasteiger partial charge on any atom is 0.305 e. The molecule has 0 saturated heterocycles. The average molecular weight is 1270 g/mol. The van der Waals surface area contributed by atoms with E-state index >= 15 is 0 Å². The molecule has 90 heavy (non-hydrogen) atoms. The Balaban J connectivity index is 3.32. The Morgan fingerprint density at radius 2 is 0.522 bits per heavy atom. The van der Waals surface area contributed by atoms with Crippen molar-refractivity contribution >= 4 is 11.9 Å². The smallest absolute Gasteiger partial charge is 0.305 e. The van der Waals surface area contributed by atoms with Crippen LogP contribution in [0.25, 0.3) is 0 Å². The first-order chi connectivity index (χ1) is 44.5. The van der Waals surface area contributed by atoms with Gasteiger partial charge in [0.05, 0.1) is 25.4 Å². The van der Waals surface area contributed by atoms with Gasteiger partial charge >= 0.3 is 5.97 Å².